The van der Waals surface area contributed by atoms with Crippen LogP contribution in [0.2, 0.25) is 0 Å². The van der Waals surface area contributed by atoms with Gasteiger partial charge in [-0.2, -0.15) is 0 Å². The van der Waals surface area contributed by atoms with Gasteiger partial charge >= 0.3 is 6.09 Å². The highest BCUT2D eigenvalue weighted by molar-refractivity contribution is 5.98. The van der Waals surface area contributed by atoms with E-state index >= 15 is 0 Å². The number of likely N-dealkylation sites (tertiary alicyclic amines) is 1. The van der Waals surface area contributed by atoms with Gasteiger partial charge in [0, 0.05) is 19.2 Å². The van der Waals surface area contributed by atoms with Gasteiger partial charge in [0.2, 0.25) is 5.67 Å². The van der Waals surface area contributed by atoms with Crippen molar-refractivity contribution in [3.8, 4) is 0 Å². The number of nitrogens with zero attached hydrogens (tertiary/aromatic N) is 2. The van der Waals surface area contributed by atoms with Crippen molar-refractivity contribution in [1.82, 2.24) is 9.88 Å². The van der Waals surface area contributed by atoms with Gasteiger partial charge in [-0.1, -0.05) is 0 Å². The number of nitrogens with one attached hydrogen (secondary N) is 1. The Hall–Kier alpha value is -2.18. The Bertz CT molecular complexity index is 559. The van der Waals surface area contributed by atoms with Gasteiger partial charge in [0.25, 0.3) is 5.91 Å². The Kier molecular flexibility index (Phi) is 4.35. The predicted molar refractivity (Wildman–Crippen MR) is 79.1 cm³/mol. The molecule has 22 heavy (non-hydrogen) atoms. The summed E-state index contributed by atoms with van der Waals surface area (Å²) in [6, 6.07) is 3.26. The Balaban J connectivity index is 1.98. The van der Waals surface area contributed by atoms with E-state index in [1.54, 1.807) is 39.1 Å². The number of halogens is 1. The van der Waals surface area contributed by atoms with Gasteiger partial charge in [-0.15, -0.1) is 0 Å². The Morgan fingerprint density at radius 1 is 1.45 bits per heavy atom. The van der Waals surface area contributed by atoms with E-state index in [0.29, 0.717) is 5.69 Å². The zero-order valence-electron chi connectivity index (χ0n) is 12.9. The van der Waals surface area contributed by atoms with Gasteiger partial charge in [0.1, 0.15) is 5.60 Å². The Morgan fingerprint density at radius 2 is 2.18 bits per heavy atom. The van der Waals surface area contributed by atoms with Gasteiger partial charge in [0.15, 0.2) is 0 Å². The molecule has 1 atom stereocenters. The van der Waals surface area contributed by atoms with Crippen LogP contribution in [0.15, 0.2) is 24.5 Å². The second-order valence-corrected chi connectivity index (χ2v) is 6.31. The van der Waals surface area contributed by atoms with Crippen LogP contribution in [0, 0.1) is 0 Å². The number of ether oxygens (including phenoxy) is 1. The third-order valence-electron chi connectivity index (χ3n) is 3.20. The summed E-state index contributed by atoms with van der Waals surface area (Å²) in [4.78, 5) is 29.1. The lowest BCUT2D eigenvalue weighted by Crippen LogP contribution is -2.43. The first-order valence-corrected chi connectivity index (χ1v) is 7.08. The van der Waals surface area contributed by atoms with Crippen LogP contribution < -0.4 is 5.32 Å². The molecule has 0 spiro atoms. The van der Waals surface area contributed by atoms with Crippen LogP contribution in [-0.2, 0) is 9.53 Å². The number of pyridine rings is 1. The number of hydrogen-bond donors (Lipinski definition) is 1. The fourth-order valence-corrected chi connectivity index (χ4v) is 2.12. The summed E-state index contributed by atoms with van der Waals surface area (Å²) >= 11 is 0. The summed E-state index contributed by atoms with van der Waals surface area (Å²) in [6.45, 7) is 5.04. The average Bonchev–Trinajstić information content (AvgIpc) is 2.82. The van der Waals surface area contributed by atoms with Gasteiger partial charge in [0.05, 0.1) is 18.4 Å². The van der Waals surface area contributed by atoms with Crippen LogP contribution in [0.25, 0.3) is 0 Å². The van der Waals surface area contributed by atoms with Crippen molar-refractivity contribution in [2.75, 3.05) is 18.4 Å². The summed E-state index contributed by atoms with van der Waals surface area (Å²) in [6.07, 6.45) is 2.32. The topological polar surface area (TPSA) is 71.5 Å². The first-order chi connectivity index (χ1) is 10.2. The smallest absolute Gasteiger partial charge is 0.410 e. The minimum atomic E-state index is -2.12. The van der Waals surface area contributed by atoms with Crippen LogP contribution in [0.3, 0.4) is 0 Å². The molecule has 1 aliphatic rings. The summed E-state index contributed by atoms with van der Waals surface area (Å²) in [7, 11) is 0. The van der Waals surface area contributed by atoms with E-state index in [1.807, 2.05) is 0 Å². The molecule has 1 fully saturated rings. The molecule has 120 valence electrons. The highest BCUT2D eigenvalue weighted by atomic mass is 19.1. The second-order valence-electron chi connectivity index (χ2n) is 6.31. The maximum Gasteiger partial charge on any atom is 0.410 e. The molecule has 1 aromatic rings. The fourth-order valence-electron chi connectivity index (χ4n) is 2.12. The lowest BCUT2D eigenvalue weighted by Gasteiger charge is -2.25. The van der Waals surface area contributed by atoms with Gasteiger partial charge in [-0.05, 0) is 32.9 Å². The van der Waals surface area contributed by atoms with Crippen molar-refractivity contribution in [2.24, 2.45) is 0 Å². The molecule has 1 saturated heterocycles. The second kappa shape index (κ2) is 5.90. The summed E-state index contributed by atoms with van der Waals surface area (Å²) in [5.74, 6) is -0.772. The van der Waals surface area contributed by atoms with E-state index < -0.39 is 23.3 Å². The summed E-state index contributed by atoms with van der Waals surface area (Å²) in [5, 5.41) is 2.48. The number of carbonyl (C=O) groups is 2. The van der Waals surface area contributed by atoms with Crippen LogP contribution in [0.1, 0.15) is 27.2 Å². The van der Waals surface area contributed by atoms with Gasteiger partial charge in [-0.3, -0.25) is 9.78 Å². The molecule has 7 heteroatoms. The molecule has 0 aromatic carbocycles. The molecule has 1 aliphatic heterocycles. The predicted octanol–water partition coefficient (Wildman–Crippen LogP) is 2.37. The molecule has 6 nitrogen and oxygen atoms in total. The normalized spacial score (nSPS) is 21.5. The number of alkyl halides is 1. The summed E-state index contributed by atoms with van der Waals surface area (Å²) in [5.41, 5.74) is -2.36. The maximum absolute atomic E-state index is 14.8. The Morgan fingerprint density at radius 3 is 2.77 bits per heavy atom. The number of amides is 2. The van der Waals surface area contributed by atoms with Crippen LogP contribution in [0.4, 0.5) is 14.9 Å². The van der Waals surface area contributed by atoms with Crippen LogP contribution in [0.5, 0.6) is 0 Å². The lowest BCUT2D eigenvalue weighted by atomic mass is 10.0. The number of carbonyl (C=O) groups excluding carboxylic acids is 2. The largest absolute Gasteiger partial charge is 0.444 e. The lowest BCUT2D eigenvalue weighted by molar-refractivity contribution is -0.126. The number of anilines is 1. The molecule has 1 unspecified atom stereocenters. The van der Waals surface area contributed by atoms with Crippen molar-refractivity contribution < 1.29 is 18.7 Å². The van der Waals surface area contributed by atoms with E-state index in [1.165, 1.54) is 11.1 Å². The van der Waals surface area contributed by atoms with E-state index in [2.05, 4.69) is 10.3 Å². The van der Waals surface area contributed by atoms with Crippen molar-refractivity contribution in [3.05, 3.63) is 24.5 Å². The van der Waals surface area contributed by atoms with Crippen LogP contribution in [-0.4, -0.2) is 46.2 Å². The van der Waals surface area contributed by atoms with E-state index in [4.69, 9.17) is 4.74 Å². The van der Waals surface area contributed by atoms with Crippen molar-refractivity contribution in [3.63, 3.8) is 0 Å². The molecule has 2 heterocycles. The zero-order valence-corrected chi connectivity index (χ0v) is 12.9. The summed E-state index contributed by atoms with van der Waals surface area (Å²) < 4.78 is 19.9. The molecular formula is C15H20FN3O3. The maximum atomic E-state index is 14.8. The fraction of sp³-hybridized carbons (Fsp3) is 0.533. The minimum absolute atomic E-state index is 0.0572. The van der Waals surface area contributed by atoms with Crippen molar-refractivity contribution in [1.29, 1.82) is 0 Å². The van der Waals surface area contributed by atoms with Gasteiger partial charge < -0.3 is 15.0 Å². The number of hydrogen-bond acceptors (Lipinski definition) is 4. The highest BCUT2D eigenvalue weighted by Crippen LogP contribution is 2.28. The highest BCUT2D eigenvalue weighted by Gasteiger charge is 2.47. The number of rotatable bonds is 2. The molecule has 1 N–H and O–H groups in total. The van der Waals surface area contributed by atoms with Crippen LogP contribution >= 0.6 is 0 Å². The molecule has 0 bridgehead atoms. The standard InChI is InChI=1S/C15H20FN3O3/c1-14(2,3)22-13(21)19-8-6-15(16,10-19)12(20)18-11-5-4-7-17-9-11/h4-5,7,9H,6,8,10H2,1-3H3,(H,18,20). The van der Waals surface area contributed by atoms with E-state index in [0.717, 1.165) is 0 Å². The average molecular weight is 309 g/mol. The number of aromatic nitrogens is 1. The van der Waals surface area contributed by atoms with Crippen molar-refractivity contribution >= 4 is 17.7 Å². The quantitative estimate of drug-likeness (QED) is 0.910. The molecular weight excluding hydrogens is 289 g/mol. The Labute approximate surface area is 128 Å². The molecule has 0 radical (unpaired) electrons. The zero-order chi connectivity index (χ0) is 16.4. The third kappa shape index (κ3) is 3.93. The molecule has 1 aromatic heterocycles. The monoisotopic (exact) mass is 309 g/mol. The first kappa shape index (κ1) is 16.2. The third-order valence-corrected chi connectivity index (χ3v) is 3.20. The minimum Gasteiger partial charge on any atom is -0.444 e. The first-order valence-electron chi connectivity index (χ1n) is 7.08. The van der Waals surface area contributed by atoms with E-state index in [9.17, 15) is 14.0 Å². The molecule has 0 aliphatic carbocycles. The molecule has 0 saturated carbocycles. The molecule has 2 rings (SSSR count). The van der Waals surface area contributed by atoms with Gasteiger partial charge in [-0.25, -0.2) is 9.18 Å². The van der Waals surface area contributed by atoms with E-state index in [-0.39, 0.29) is 19.5 Å². The van der Waals surface area contributed by atoms with Crippen molar-refractivity contribution in [2.45, 2.75) is 38.5 Å². The SMILES string of the molecule is CC(C)(C)OC(=O)N1CCC(F)(C(=O)Nc2cccnc2)C1. The molecule has 2 amide bonds.